The Bertz CT molecular complexity index is 625. The summed E-state index contributed by atoms with van der Waals surface area (Å²) in [7, 11) is 0. The number of hydrogen-bond donors (Lipinski definition) is 1. The van der Waals surface area contributed by atoms with Crippen LogP contribution in [0.15, 0.2) is 42.7 Å². The molecule has 2 aromatic rings. The monoisotopic (exact) mass is 285 g/mol. The zero-order valence-electron chi connectivity index (χ0n) is 11.5. The Hall–Kier alpha value is -2.45. The topological polar surface area (TPSA) is 60.2 Å². The molecular formula is C16H16FN3O. The van der Waals surface area contributed by atoms with Crippen molar-refractivity contribution in [3.8, 4) is 6.07 Å². The Labute approximate surface area is 123 Å². The fourth-order valence-corrected chi connectivity index (χ4v) is 2.09. The highest BCUT2D eigenvalue weighted by Crippen LogP contribution is 2.22. The number of rotatable bonds is 6. The molecule has 2 rings (SSSR count). The van der Waals surface area contributed by atoms with Crippen LogP contribution in [-0.2, 0) is 13.2 Å². The average molecular weight is 285 g/mol. The molecule has 0 amide bonds. The van der Waals surface area contributed by atoms with Crippen LogP contribution >= 0.6 is 0 Å². The highest BCUT2D eigenvalue weighted by Gasteiger charge is 2.12. The molecule has 0 saturated carbocycles. The van der Waals surface area contributed by atoms with E-state index in [9.17, 15) is 4.39 Å². The minimum Gasteiger partial charge on any atom is -0.392 e. The summed E-state index contributed by atoms with van der Waals surface area (Å²) < 4.78 is 14.2. The van der Waals surface area contributed by atoms with E-state index in [0.717, 1.165) is 5.56 Å². The number of nitrogens with zero attached hydrogens (tertiary/aromatic N) is 3. The third kappa shape index (κ3) is 4.01. The van der Waals surface area contributed by atoms with Crippen LogP contribution in [0.25, 0.3) is 0 Å². The van der Waals surface area contributed by atoms with E-state index in [2.05, 4.69) is 11.1 Å². The second-order valence-electron chi connectivity index (χ2n) is 4.63. The number of aliphatic hydroxyl groups is 1. The Morgan fingerprint density at radius 2 is 2.14 bits per heavy atom. The van der Waals surface area contributed by atoms with Crippen molar-refractivity contribution in [2.75, 3.05) is 11.4 Å². The van der Waals surface area contributed by atoms with Gasteiger partial charge >= 0.3 is 0 Å². The first kappa shape index (κ1) is 14.9. The molecule has 4 nitrogen and oxygen atoms in total. The molecule has 0 aliphatic carbocycles. The number of hydrogen-bond acceptors (Lipinski definition) is 4. The van der Waals surface area contributed by atoms with Gasteiger partial charge in [0, 0.05) is 25.5 Å². The summed E-state index contributed by atoms with van der Waals surface area (Å²) >= 11 is 0. The van der Waals surface area contributed by atoms with Gasteiger partial charge in [-0.1, -0.05) is 12.1 Å². The molecule has 0 unspecified atom stereocenters. The summed E-state index contributed by atoms with van der Waals surface area (Å²) in [5.41, 5.74) is 1.89. The highest BCUT2D eigenvalue weighted by atomic mass is 19.1. The molecule has 21 heavy (non-hydrogen) atoms. The van der Waals surface area contributed by atoms with Crippen molar-refractivity contribution in [2.45, 2.75) is 19.6 Å². The lowest BCUT2D eigenvalue weighted by molar-refractivity contribution is 0.281. The maximum atomic E-state index is 14.2. The summed E-state index contributed by atoms with van der Waals surface area (Å²) in [4.78, 5) is 5.85. The minimum atomic E-state index is -0.400. The number of anilines is 1. The maximum Gasteiger partial charge on any atom is 0.146 e. The molecule has 0 atom stereocenters. The van der Waals surface area contributed by atoms with Gasteiger partial charge in [-0.05, 0) is 29.3 Å². The lowest BCUT2D eigenvalue weighted by Gasteiger charge is -2.24. The lowest BCUT2D eigenvalue weighted by Crippen LogP contribution is -2.24. The number of benzene rings is 1. The van der Waals surface area contributed by atoms with Crippen LogP contribution < -0.4 is 4.90 Å². The van der Waals surface area contributed by atoms with Crippen LogP contribution in [0, 0.1) is 17.1 Å². The van der Waals surface area contributed by atoms with E-state index < -0.39 is 5.82 Å². The summed E-state index contributed by atoms with van der Waals surface area (Å²) in [6, 6.07) is 10.4. The standard InChI is InChI=1S/C16H16FN3O/c17-15-9-13(12-21)4-5-16(15)20(8-2-6-18)11-14-3-1-7-19-10-14/h1,3-5,7,9-10,21H,2,8,11-12H2. The normalized spacial score (nSPS) is 10.1. The molecule has 1 heterocycles. The van der Waals surface area contributed by atoms with Gasteiger partial charge in [-0.15, -0.1) is 0 Å². The molecule has 0 fully saturated rings. The third-order valence-electron chi connectivity index (χ3n) is 3.13. The molecule has 0 saturated heterocycles. The second kappa shape index (κ2) is 7.36. The van der Waals surface area contributed by atoms with E-state index in [4.69, 9.17) is 10.4 Å². The Morgan fingerprint density at radius 3 is 2.76 bits per heavy atom. The van der Waals surface area contributed by atoms with Crippen molar-refractivity contribution in [3.63, 3.8) is 0 Å². The summed E-state index contributed by atoms with van der Waals surface area (Å²) in [6.45, 7) is 0.712. The Balaban J connectivity index is 2.25. The van der Waals surface area contributed by atoms with Crippen molar-refractivity contribution in [2.24, 2.45) is 0 Å². The van der Waals surface area contributed by atoms with Gasteiger partial charge in [0.1, 0.15) is 5.82 Å². The molecule has 1 aromatic carbocycles. The van der Waals surface area contributed by atoms with Crippen molar-refractivity contribution >= 4 is 5.69 Å². The molecule has 108 valence electrons. The predicted molar refractivity (Wildman–Crippen MR) is 77.8 cm³/mol. The molecule has 0 aliphatic rings. The number of aliphatic hydroxyl groups excluding tert-OH is 1. The summed E-state index contributed by atoms with van der Waals surface area (Å²) in [5.74, 6) is -0.400. The lowest BCUT2D eigenvalue weighted by atomic mass is 10.1. The molecule has 0 bridgehead atoms. The van der Waals surface area contributed by atoms with Gasteiger partial charge in [-0.3, -0.25) is 4.98 Å². The first-order chi connectivity index (χ1) is 10.2. The molecule has 1 N–H and O–H groups in total. The number of halogens is 1. The van der Waals surface area contributed by atoms with Gasteiger partial charge in [0.25, 0.3) is 0 Å². The van der Waals surface area contributed by atoms with Crippen LogP contribution in [0.4, 0.5) is 10.1 Å². The predicted octanol–water partition coefficient (Wildman–Crippen LogP) is 2.63. The van der Waals surface area contributed by atoms with Crippen LogP contribution in [0.5, 0.6) is 0 Å². The summed E-state index contributed by atoms with van der Waals surface area (Å²) in [5, 5.41) is 17.8. The highest BCUT2D eigenvalue weighted by molar-refractivity contribution is 5.49. The van der Waals surface area contributed by atoms with Gasteiger partial charge in [0.05, 0.1) is 24.8 Å². The first-order valence-electron chi connectivity index (χ1n) is 6.64. The Morgan fingerprint density at radius 1 is 1.29 bits per heavy atom. The van der Waals surface area contributed by atoms with E-state index >= 15 is 0 Å². The van der Waals surface area contributed by atoms with Crippen LogP contribution in [0.3, 0.4) is 0 Å². The van der Waals surface area contributed by atoms with Gasteiger partial charge in [0.2, 0.25) is 0 Å². The fourth-order valence-electron chi connectivity index (χ4n) is 2.09. The van der Waals surface area contributed by atoms with Crippen LogP contribution in [-0.4, -0.2) is 16.6 Å². The smallest absolute Gasteiger partial charge is 0.146 e. The van der Waals surface area contributed by atoms with E-state index in [0.29, 0.717) is 30.8 Å². The molecule has 5 heteroatoms. The molecule has 1 aromatic heterocycles. The largest absolute Gasteiger partial charge is 0.392 e. The third-order valence-corrected chi connectivity index (χ3v) is 3.13. The summed E-state index contributed by atoms with van der Waals surface area (Å²) in [6.07, 6.45) is 3.71. The van der Waals surface area contributed by atoms with Crippen molar-refractivity contribution < 1.29 is 9.50 Å². The van der Waals surface area contributed by atoms with E-state index in [-0.39, 0.29) is 6.61 Å². The van der Waals surface area contributed by atoms with Gasteiger partial charge in [0.15, 0.2) is 0 Å². The molecule has 0 aliphatic heterocycles. The zero-order chi connectivity index (χ0) is 15.1. The minimum absolute atomic E-state index is 0.196. The Kier molecular flexibility index (Phi) is 5.24. The zero-order valence-corrected chi connectivity index (χ0v) is 11.5. The quantitative estimate of drug-likeness (QED) is 0.886. The van der Waals surface area contributed by atoms with Crippen LogP contribution in [0.1, 0.15) is 17.5 Å². The first-order valence-corrected chi connectivity index (χ1v) is 6.64. The second-order valence-corrected chi connectivity index (χ2v) is 4.63. The fraction of sp³-hybridized carbons (Fsp3) is 0.250. The van der Waals surface area contributed by atoms with E-state index in [1.807, 2.05) is 12.1 Å². The molecular weight excluding hydrogens is 269 g/mol. The molecule has 0 radical (unpaired) electrons. The number of pyridine rings is 1. The van der Waals surface area contributed by atoms with Gasteiger partial charge in [-0.2, -0.15) is 5.26 Å². The van der Waals surface area contributed by atoms with Crippen molar-refractivity contribution in [1.82, 2.24) is 4.98 Å². The van der Waals surface area contributed by atoms with Crippen LogP contribution in [0.2, 0.25) is 0 Å². The van der Waals surface area contributed by atoms with Gasteiger partial charge in [-0.25, -0.2) is 4.39 Å². The number of nitriles is 1. The maximum absolute atomic E-state index is 14.2. The van der Waals surface area contributed by atoms with E-state index in [1.54, 1.807) is 29.4 Å². The SMILES string of the molecule is N#CCCN(Cc1cccnc1)c1ccc(CO)cc1F. The van der Waals surface area contributed by atoms with E-state index in [1.165, 1.54) is 6.07 Å². The number of aromatic nitrogens is 1. The average Bonchev–Trinajstić information content (AvgIpc) is 2.52. The van der Waals surface area contributed by atoms with Crippen molar-refractivity contribution in [1.29, 1.82) is 5.26 Å². The van der Waals surface area contributed by atoms with Crippen molar-refractivity contribution in [3.05, 3.63) is 59.7 Å². The van der Waals surface area contributed by atoms with Gasteiger partial charge < -0.3 is 10.0 Å². The molecule has 0 spiro atoms.